The van der Waals surface area contributed by atoms with E-state index in [0.29, 0.717) is 28.8 Å². The first-order valence-corrected chi connectivity index (χ1v) is 9.51. The molecule has 0 radical (unpaired) electrons. The molecule has 0 spiro atoms. The number of tetrazole rings is 1. The van der Waals surface area contributed by atoms with E-state index < -0.39 is 0 Å². The van der Waals surface area contributed by atoms with Gasteiger partial charge in [-0.25, -0.2) is 0 Å². The number of hydrogen-bond donors (Lipinski definition) is 1. The Morgan fingerprint density at radius 1 is 1.10 bits per heavy atom. The Labute approximate surface area is 172 Å². The van der Waals surface area contributed by atoms with Gasteiger partial charge in [-0.3, -0.25) is 4.79 Å². The molecule has 0 saturated carbocycles. The number of aromatic nitrogens is 4. The Hall–Kier alpha value is -3.45. The zero-order chi connectivity index (χ0) is 20.2. The van der Waals surface area contributed by atoms with Crippen LogP contribution < -0.4 is 10.1 Å². The van der Waals surface area contributed by atoms with Crippen molar-refractivity contribution in [3.05, 3.63) is 77.1 Å². The highest BCUT2D eigenvalue weighted by molar-refractivity contribution is 6.30. The van der Waals surface area contributed by atoms with Gasteiger partial charge in [-0.15, -0.1) is 5.10 Å². The molecule has 7 nitrogen and oxygen atoms in total. The minimum Gasteiger partial charge on any atom is -0.493 e. The van der Waals surface area contributed by atoms with Crippen LogP contribution in [0.3, 0.4) is 0 Å². The quantitative estimate of drug-likeness (QED) is 0.525. The molecule has 4 rings (SSSR count). The minimum absolute atomic E-state index is 0.156. The van der Waals surface area contributed by atoms with Gasteiger partial charge in [0.25, 0.3) is 5.91 Å². The predicted octanol–water partition coefficient (Wildman–Crippen LogP) is 3.80. The fraction of sp³-hybridized carbons (Fsp3) is 0.143. The zero-order valence-corrected chi connectivity index (χ0v) is 16.4. The van der Waals surface area contributed by atoms with Gasteiger partial charge in [0.15, 0.2) is 5.82 Å². The van der Waals surface area contributed by atoms with E-state index in [1.54, 1.807) is 16.8 Å². The lowest BCUT2D eigenvalue weighted by atomic mass is 10.0. The van der Waals surface area contributed by atoms with Crippen LogP contribution in [0.15, 0.2) is 60.7 Å². The number of rotatable bonds is 6. The average Bonchev–Trinajstić information content (AvgIpc) is 3.21. The highest BCUT2D eigenvalue weighted by atomic mass is 35.5. The summed E-state index contributed by atoms with van der Waals surface area (Å²) in [6, 6.07) is 18.6. The number of carbonyl (C=O) groups excluding carboxylic acids is 1. The molecule has 0 bridgehead atoms. The number of carbonyl (C=O) groups is 1. The molecule has 0 fully saturated rings. The predicted molar refractivity (Wildman–Crippen MR) is 110 cm³/mol. The van der Waals surface area contributed by atoms with E-state index in [2.05, 4.69) is 20.8 Å². The Morgan fingerprint density at radius 3 is 2.69 bits per heavy atom. The van der Waals surface area contributed by atoms with Crippen molar-refractivity contribution < 1.29 is 9.53 Å². The summed E-state index contributed by atoms with van der Waals surface area (Å²) in [5.74, 6) is 0.788. The molecule has 1 amide bonds. The second kappa shape index (κ2) is 8.28. The number of benzene rings is 3. The van der Waals surface area contributed by atoms with Crippen LogP contribution >= 0.6 is 11.6 Å². The first kappa shape index (κ1) is 18.9. The van der Waals surface area contributed by atoms with Gasteiger partial charge in [0, 0.05) is 5.02 Å². The molecule has 1 aromatic heterocycles. The third kappa shape index (κ3) is 3.90. The molecule has 0 atom stereocenters. The molecule has 1 heterocycles. The van der Waals surface area contributed by atoms with Crippen LogP contribution in [0.4, 0.5) is 0 Å². The molecular weight excluding hydrogens is 390 g/mol. The van der Waals surface area contributed by atoms with E-state index >= 15 is 0 Å². The van der Waals surface area contributed by atoms with Crippen LogP contribution in [0, 0.1) is 0 Å². The van der Waals surface area contributed by atoms with E-state index in [9.17, 15) is 4.79 Å². The Morgan fingerprint density at radius 2 is 1.90 bits per heavy atom. The summed E-state index contributed by atoms with van der Waals surface area (Å²) >= 11 is 5.94. The lowest BCUT2D eigenvalue weighted by Crippen LogP contribution is -2.25. The van der Waals surface area contributed by atoms with E-state index in [1.165, 1.54) is 0 Å². The van der Waals surface area contributed by atoms with Crippen molar-refractivity contribution in [2.45, 2.75) is 13.5 Å². The molecule has 0 unspecified atom stereocenters. The van der Waals surface area contributed by atoms with E-state index in [1.807, 2.05) is 55.5 Å². The first-order chi connectivity index (χ1) is 14.2. The van der Waals surface area contributed by atoms with E-state index in [-0.39, 0.29) is 12.5 Å². The number of nitrogens with zero attached hydrogens (tertiary/aromatic N) is 4. The zero-order valence-electron chi connectivity index (χ0n) is 15.7. The van der Waals surface area contributed by atoms with Crippen molar-refractivity contribution in [1.82, 2.24) is 25.5 Å². The van der Waals surface area contributed by atoms with Crippen molar-refractivity contribution in [3.63, 3.8) is 0 Å². The van der Waals surface area contributed by atoms with Crippen LogP contribution in [-0.4, -0.2) is 32.7 Å². The summed E-state index contributed by atoms with van der Waals surface area (Å²) < 4.78 is 7.25. The summed E-state index contributed by atoms with van der Waals surface area (Å²) in [5.41, 5.74) is 1.25. The van der Waals surface area contributed by atoms with Gasteiger partial charge in [-0.1, -0.05) is 41.9 Å². The van der Waals surface area contributed by atoms with Crippen LogP contribution in [-0.2, 0) is 6.54 Å². The van der Waals surface area contributed by atoms with Crippen LogP contribution in [0.2, 0.25) is 5.02 Å². The third-order valence-corrected chi connectivity index (χ3v) is 4.68. The summed E-state index contributed by atoms with van der Waals surface area (Å²) in [6.07, 6.45) is 0. The summed E-state index contributed by atoms with van der Waals surface area (Å²) in [7, 11) is 0. The average molecular weight is 408 g/mol. The molecule has 0 aliphatic rings. The maximum atomic E-state index is 13.1. The fourth-order valence-corrected chi connectivity index (χ4v) is 3.23. The van der Waals surface area contributed by atoms with Crippen LogP contribution in [0.25, 0.3) is 16.5 Å². The Bertz CT molecular complexity index is 1160. The monoisotopic (exact) mass is 407 g/mol. The van der Waals surface area contributed by atoms with Gasteiger partial charge in [0.05, 0.1) is 24.4 Å². The molecule has 29 heavy (non-hydrogen) atoms. The third-order valence-electron chi connectivity index (χ3n) is 4.43. The molecule has 3 aromatic carbocycles. The molecule has 4 aromatic rings. The van der Waals surface area contributed by atoms with Crippen LogP contribution in [0.5, 0.6) is 5.75 Å². The molecule has 0 aliphatic carbocycles. The van der Waals surface area contributed by atoms with Crippen molar-refractivity contribution in [2.24, 2.45) is 0 Å². The second-order valence-corrected chi connectivity index (χ2v) is 6.70. The van der Waals surface area contributed by atoms with Crippen LogP contribution in [0.1, 0.15) is 23.1 Å². The Kier molecular flexibility index (Phi) is 5.39. The number of halogens is 1. The molecule has 0 aliphatic heterocycles. The van der Waals surface area contributed by atoms with Gasteiger partial charge in [-0.05, 0) is 58.5 Å². The molecule has 8 heteroatoms. The minimum atomic E-state index is -0.254. The normalized spacial score (nSPS) is 10.8. The maximum Gasteiger partial charge on any atom is 0.256 e. The van der Waals surface area contributed by atoms with Gasteiger partial charge < -0.3 is 10.1 Å². The molecule has 1 N–H and O–H groups in total. The summed E-state index contributed by atoms with van der Waals surface area (Å²) in [6.45, 7) is 2.51. The van der Waals surface area contributed by atoms with Gasteiger partial charge in [0.2, 0.25) is 0 Å². The van der Waals surface area contributed by atoms with Crippen molar-refractivity contribution in [3.8, 4) is 11.4 Å². The summed E-state index contributed by atoms with van der Waals surface area (Å²) in [4.78, 5) is 13.1. The van der Waals surface area contributed by atoms with Gasteiger partial charge in [-0.2, -0.15) is 4.68 Å². The number of fused-ring (bicyclic) bond motifs is 1. The standard InChI is InChI=1S/C21H18ClN5O2/c1-2-29-18-12-7-14-5-3-4-6-17(14)20(18)21(28)23-13-19-24-25-26-27(19)16-10-8-15(22)9-11-16/h3-12H,2,13H2,1H3,(H,23,28). The van der Waals surface area contributed by atoms with Crippen molar-refractivity contribution >= 4 is 28.3 Å². The number of hydrogen-bond acceptors (Lipinski definition) is 5. The largest absolute Gasteiger partial charge is 0.493 e. The SMILES string of the molecule is CCOc1ccc2ccccc2c1C(=O)NCc1nnnn1-c1ccc(Cl)cc1. The van der Waals surface area contributed by atoms with Crippen molar-refractivity contribution in [2.75, 3.05) is 6.61 Å². The maximum absolute atomic E-state index is 13.1. The topological polar surface area (TPSA) is 81.9 Å². The van der Waals surface area contributed by atoms with E-state index in [4.69, 9.17) is 16.3 Å². The molecule has 146 valence electrons. The number of ether oxygens (including phenoxy) is 1. The van der Waals surface area contributed by atoms with E-state index in [0.717, 1.165) is 16.5 Å². The summed E-state index contributed by atoms with van der Waals surface area (Å²) in [5, 5.41) is 17.1. The second-order valence-electron chi connectivity index (χ2n) is 6.26. The molecule has 0 saturated heterocycles. The highest BCUT2D eigenvalue weighted by Gasteiger charge is 2.18. The van der Waals surface area contributed by atoms with Crippen molar-refractivity contribution in [1.29, 1.82) is 0 Å². The molecular formula is C21H18ClN5O2. The fourth-order valence-electron chi connectivity index (χ4n) is 3.11. The van der Waals surface area contributed by atoms with Gasteiger partial charge >= 0.3 is 0 Å². The number of amides is 1. The lowest BCUT2D eigenvalue weighted by Gasteiger charge is -2.13. The van der Waals surface area contributed by atoms with Gasteiger partial charge in [0.1, 0.15) is 5.75 Å². The lowest BCUT2D eigenvalue weighted by molar-refractivity contribution is 0.0947. The Balaban J connectivity index is 1.61. The smallest absolute Gasteiger partial charge is 0.256 e. The highest BCUT2D eigenvalue weighted by Crippen LogP contribution is 2.28. The number of nitrogens with one attached hydrogen (secondary N) is 1. The first-order valence-electron chi connectivity index (χ1n) is 9.13.